The maximum absolute atomic E-state index is 11.9. The molecular formula is C13H11Br2ClN2O. The minimum atomic E-state index is -0.185. The average molecular weight is 407 g/mol. The number of hydrogen-bond donors (Lipinski definition) is 1. The minimum absolute atomic E-state index is 0.154. The van der Waals surface area contributed by atoms with Crippen LogP contribution in [0.15, 0.2) is 31.9 Å². The minimum Gasteiger partial charge on any atom is -0.306 e. The molecule has 0 aliphatic carbocycles. The van der Waals surface area contributed by atoms with Gasteiger partial charge in [-0.3, -0.25) is 4.79 Å². The molecule has 0 spiro atoms. The SMILES string of the molecule is CC(C)c1nc(-c2ccc(Cl)cc2Br)[nH]c(=O)c1Br. The van der Waals surface area contributed by atoms with E-state index in [9.17, 15) is 4.79 Å². The number of benzene rings is 1. The van der Waals surface area contributed by atoms with Crippen LogP contribution in [0.2, 0.25) is 5.02 Å². The van der Waals surface area contributed by atoms with E-state index in [1.165, 1.54) is 0 Å². The molecule has 6 heteroatoms. The van der Waals surface area contributed by atoms with E-state index in [0.29, 0.717) is 15.3 Å². The normalized spacial score (nSPS) is 11.1. The van der Waals surface area contributed by atoms with Crippen molar-refractivity contribution < 1.29 is 0 Å². The van der Waals surface area contributed by atoms with Gasteiger partial charge in [-0.15, -0.1) is 0 Å². The average Bonchev–Trinajstić information content (AvgIpc) is 2.32. The maximum atomic E-state index is 11.9. The zero-order valence-corrected chi connectivity index (χ0v) is 14.2. The van der Waals surface area contributed by atoms with Gasteiger partial charge in [-0.05, 0) is 56.0 Å². The molecule has 1 aromatic carbocycles. The number of aromatic nitrogens is 2. The van der Waals surface area contributed by atoms with E-state index in [0.717, 1.165) is 15.7 Å². The van der Waals surface area contributed by atoms with Gasteiger partial charge in [0.1, 0.15) is 10.3 Å². The van der Waals surface area contributed by atoms with Gasteiger partial charge in [-0.1, -0.05) is 25.4 Å². The van der Waals surface area contributed by atoms with Crippen molar-refractivity contribution in [3.8, 4) is 11.4 Å². The summed E-state index contributed by atoms with van der Waals surface area (Å²) in [5.41, 5.74) is 1.35. The van der Waals surface area contributed by atoms with E-state index in [1.807, 2.05) is 19.9 Å². The molecule has 3 nitrogen and oxygen atoms in total. The Kier molecular flexibility index (Phi) is 4.48. The third kappa shape index (κ3) is 3.09. The van der Waals surface area contributed by atoms with Crippen molar-refractivity contribution in [2.75, 3.05) is 0 Å². The van der Waals surface area contributed by atoms with Gasteiger partial charge in [-0.25, -0.2) is 4.98 Å². The Bertz CT molecular complexity index is 683. The molecule has 1 aromatic heterocycles. The predicted molar refractivity (Wildman–Crippen MR) is 84.8 cm³/mol. The predicted octanol–water partition coefficient (Wildman–Crippen LogP) is 4.74. The van der Waals surface area contributed by atoms with Crippen LogP contribution in [0.25, 0.3) is 11.4 Å². The zero-order chi connectivity index (χ0) is 14.2. The Hall–Kier alpha value is -0.650. The molecular weight excluding hydrogens is 395 g/mol. The van der Waals surface area contributed by atoms with Crippen LogP contribution in [0.4, 0.5) is 0 Å². The number of nitrogens with one attached hydrogen (secondary N) is 1. The second-order valence-corrected chi connectivity index (χ2v) is 6.48. The van der Waals surface area contributed by atoms with E-state index in [-0.39, 0.29) is 11.5 Å². The molecule has 0 fully saturated rings. The maximum Gasteiger partial charge on any atom is 0.265 e. The summed E-state index contributed by atoms with van der Waals surface area (Å²) >= 11 is 12.6. The molecule has 1 N–H and O–H groups in total. The van der Waals surface area contributed by atoms with Crippen LogP contribution in [-0.4, -0.2) is 9.97 Å². The first kappa shape index (κ1) is 14.8. The van der Waals surface area contributed by atoms with Crippen molar-refractivity contribution in [2.45, 2.75) is 19.8 Å². The standard InChI is InChI=1S/C13H11Br2ClN2O/c1-6(2)11-10(15)13(19)18-12(17-11)8-4-3-7(16)5-9(8)14/h3-6H,1-2H3,(H,17,18,19). The third-order valence-electron chi connectivity index (χ3n) is 2.62. The van der Waals surface area contributed by atoms with Crippen molar-refractivity contribution >= 4 is 43.5 Å². The van der Waals surface area contributed by atoms with Crippen LogP contribution < -0.4 is 5.56 Å². The summed E-state index contributed by atoms with van der Waals surface area (Å²) in [6, 6.07) is 5.36. The van der Waals surface area contributed by atoms with Crippen LogP contribution in [-0.2, 0) is 0 Å². The summed E-state index contributed by atoms with van der Waals surface area (Å²) in [5.74, 6) is 0.682. The van der Waals surface area contributed by atoms with Gasteiger partial charge in [0.15, 0.2) is 0 Å². The van der Waals surface area contributed by atoms with Crippen LogP contribution in [0, 0.1) is 0 Å². The highest BCUT2D eigenvalue weighted by molar-refractivity contribution is 9.10. The topological polar surface area (TPSA) is 45.8 Å². The van der Waals surface area contributed by atoms with Gasteiger partial charge in [-0.2, -0.15) is 0 Å². The lowest BCUT2D eigenvalue weighted by Crippen LogP contribution is -2.14. The monoisotopic (exact) mass is 404 g/mol. The van der Waals surface area contributed by atoms with E-state index in [1.54, 1.807) is 12.1 Å². The van der Waals surface area contributed by atoms with E-state index in [2.05, 4.69) is 41.8 Å². The third-order valence-corrected chi connectivity index (χ3v) is 4.28. The highest BCUT2D eigenvalue weighted by Crippen LogP contribution is 2.29. The summed E-state index contributed by atoms with van der Waals surface area (Å²) in [6.07, 6.45) is 0. The van der Waals surface area contributed by atoms with Gasteiger partial charge in [0, 0.05) is 15.1 Å². The molecule has 0 saturated carbocycles. The summed E-state index contributed by atoms with van der Waals surface area (Å²) in [7, 11) is 0. The van der Waals surface area contributed by atoms with Crippen LogP contribution in [0.3, 0.4) is 0 Å². The molecule has 0 aliphatic rings. The van der Waals surface area contributed by atoms with Gasteiger partial charge in [0.2, 0.25) is 0 Å². The number of H-pyrrole nitrogens is 1. The molecule has 2 aromatic rings. The summed E-state index contributed by atoms with van der Waals surface area (Å²) < 4.78 is 1.27. The Morgan fingerprint density at radius 2 is 2.00 bits per heavy atom. The molecule has 0 saturated heterocycles. The van der Waals surface area contributed by atoms with Crippen LogP contribution in [0.5, 0.6) is 0 Å². The Balaban J connectivity index is 2.66. The number of halogens is 3. The molecule has 2 rings (SSSR count). The lowest BCUT2D eigenvalue weighted by Gasteiger charge is -2.10. The van der Waals surface area contributed by atoms with Crippen molar-refractivity contribution in [3.63, 3.8) is 0 Å². The lowest BCUT2D eigenvalue weighted by molar-refractivity contribution is 0.803. The summed E-state index contributed by atoms with van der Waals surface area (Å²) in [6.45, 7) is 3.99. The van der Waals surface area contributed by atoms with Gasteiger partial charge in [0.25, 0.3) is 5.56 Å². The highest BCUT2D eigenvalue weighted by Gasteiger charge is 2.14. The number of hydrogen-bond acceptors (Lipinski definition) is 2. The molecule has 0 amide bonds. The molecule has 0 unspecified atom stereocenters. The molecule has 19 heavy (non-hydrogen) atoms. The zero-order valence-electron chi connectivity index (χ0n) is 10.3. The van der Waals surface area contributed by atoms with Crippen molar-refractivity contribution in [2.24, 2.45) is 0 Å². The number of aromatic amines is 1. The highest BCUT2D eigenvalue weighted by atomic mass is 79.9. The Morgan fingerprint density at radius 3 is 2.58 bits per heavy atom. The lowest BCUT2D eigenvalue weighted by atomic mass is 10.1. The fraction of sp³-hybridized carbons (Fsp3) is 0.231. The van der Waals surface area contributed by atoms with Crippen LogP contribution in [0.1, 0.15) is 25.5 Å². The Morgan fingerprint density at radius 1 is 1.32 bits per heavy atom. The van der Waals surface area contributed by atoms with Gasteiger partial charge >= 0.3 is 0 Å². The van der Waals surface area contributed by atoms with Crippen molar-refractivity contribution in [1.82, 2.24) is 9.97 Å². The second kappa shape index (κ2) is 5.77. The quantitative estimate of drug-likeness (QED) is 0.783. The largest absolute Gasteiger partial charge is 0.306 e. The number of rotatable bonds is 2. The summed E-state index contributed by atoms with van der Waals surface area (Å²) in [4.78, 5) is 19.2. The fourth-order valence-corrected chi connectivity index (χ4v) is 3.18. The first-order valence-electron chi connectivity index (χ1n) is 5.65. The van der Waals surface area contributed by atoms with E-state index >= 15 is 0 Å². The summed E-state index contributed by atoms with van der Waals surface area (Å²) in [5, 5.41) is 0.624. The molecule has 1 heterocycles. The molecule has 0 bridgehead atoms. The first-order valence-corrected chi connectivity index (χ1v) is 7.61. The van der Waals surface area contributed by atoms with E-state index in [4.69, 9.17) is 11.6 Å². The van der Waals surface area contributed by atoms with Crippen molar-refractivity contribution in [1.29, 1.82) is 0 Å². The first-order chi connectivity index (χ1) is 8.90. The van der Waals surface area contributed by atoms with Gasteiger partial charge in [0.05, 0.1) is 5.69 Å². The fourth-order valence-electron chi connectivity index (χ4n) is 1.67. The molecule has 0 radical (unpaired) electrons. The molecule has 100 valence electrons. The Labute approximate surface area is 132 Å². The van der Waals surface area contributed by atoms with Gasteiger partial charge < -0.3 is 4.98 Å². The van der Waals surface area contributed by atoms with Crippen LogP contribution >= 0.6 is 43.5 Å². The smallest absolute Gasteiger partial charge is 0.265 e. The van der Waals surface area contributed by atoms with Crippen molar-refractivity contribution in [3.05, 3.63) is 48.2 Å². The second-order valence-electron chi connectivity index (χ2n) is 4.39. The molecule has 0 aliphatic heterocycles. The molecule has 0 atom stereocenters. The number of nitrogens with zero attached hydrogens (tertiary/aromatic N) is 1. The van der Waals surface area contributed by atoms with E-state index < -0.39 is 0 Å².